The Balaban J connectivity index is 1.82. The second kappa shape index (κ2) is 11.0. The average Bonchev–Trinajstić information content (AvgIpc) is 3.32. The highest BCUT2D eigenvalue weighted by Gasteiger charge is 2.87. The summed E-state index contributed by atoms with van der Waals surface area (Å²) in [5, 5.41) is 34.8. The number of hydrogen-bond donors (Lipinski definition) is 3. The zero-order chi connectivity index (χ0) is 29.7. The fraction of sp³-hybridized carbons (Fsp3) is 0.781. The van der Waals surface area contributed by atoms with Crippen molar-refractivity contribution in [3.8, 4) is 0 Å². The van der Waals surface area contributed by atoms with Gasteiger partial charge in [-0.3, -0.25) is 14.4 Å². The van der Waals surface area contributed by atoms with Gasteiger partial charge in [0.2, 0.25) is 0 Å². The fourth-order valence-electron chi connectivity index (χ4n) is 8.30. The number of carbonyl (C=O) groups excluding carboxylic acids is 3. The first-order chi connectivity index (χ1) is 18.8. The number of aliphatic hydroxyl groups is 3. The number of ketones is 1. The molecule has 0 saturated heterocycles. The topological polar surface area (TPSA) is 130 Å². The van der Waals surface area contributed by atoms with Crippen molar-refractivity contribution in [2.75, 3.05) is 6.61 Å². The molecule has 2 saturated carbocycles. The molecule has 0 aromatic rings. The lowest BCUT2D eigenvalue weighted by atomic mass is 9.59. The molecular formula is C32H48O8. The zero-order valence-corrected chi connectivity index (χ0v) is 25.0. The molecule has 0 unspecified atom stereocenters. The van der Waals surface area contributed by atoms with E-state index in [1.807, 2.05) is 20.8 Å². The van der Waals surface area contributed by atoms with Crippen LogP contribution in [0, 0.1) is 29.1 Å². The van der Waals surface area contributed by atoms with E-state index in [0.29, 0.717) is 24.0 Å². The molecule has 0 radical (unpaired) electrons. The molecule has 0 bridgehead atoms. The van der Waals surface area contributed by atoms with Crippen molar-refractivity contribution in [3.05, 3.63) is 23.3 Å². The van der Waals surface area contributed by atoms with Crippen LogP contribution < -0.4 is 0 Å². The Bertz CT molecular complexity index is 1090. The molecule has 224 valence electrons. The van der Waals surface area contributed by atoms with Crippen LogP contribution in [0.2, 0.25) is 0 Å². The molecule has 8 atom stereocenters. The van der Waals surface area contributed by atoms with Gasteiger partial charge < -0.3 is 24.8 Å². The molecule has 4 aliphatic rings. The minimum atomic E-state index is -1.93. The maximum atomic E-state index is 13.3. The number of unbranched alkanes of at least 4 members (excludes halogenated alkanes) is 4. The first kappa shape index (κ1) is 30.9. The van der Waals surface area contributed by atoms with Crippen LogP contribution in [0.4, 0.5) is 0 Å². The van der Waals surface area contributed by atoms with Crippen molar-refractivity contribution in [2.45, 2.75) is 122 Å². The summed E-state index contributed by atoms with van der Waals surface area (Å²) in [7, 11) is 0. The summed E-state index contributed by atoms with van der Waals surface area (Å²) in [5.74, 6) is -4.15. The number of esters is 2. The molecule has 4 aliphatic carbocycles. The van der Waals surface area contributed by atoms with Crippen molar-refractivity contribution in [3.63, 3.8) is 0 Å². The SMILES string of the molecule is CCCCCC(=O)O[C@@H]1[C@@H](C)[C@@]2(O)[C@@H](C=C(CO)C[C@@]3(O)C(=O)C(C)=C[C@@H]23)[C@@H]2C(C)(C)[C@]12OC(=O)CCCCC. The van der Waals surface area contributed by atoms with Gasteiger partial charge in [-0.1, -0.05) is 72.5 Å². The Morgan fingerprint density at radius 1 is 1.00 bits per heavy atom. The summed E-state index contributed by atoms with van der Waals surface area (Å²) in [6.07, 6.45) is 7.83. The highest BCUT2D eigenvalue weighted by molar-refractivity contribution is 6.04. The number of aliphatic hydroxyl groups excluding tert-OH is 1. The van der Waals surface area contributed by atoms with Gasteiger partial charge in [-0.15, -0.1) is 0 Å². The lowest BCUT2D eigenvalue weighted by Crippen LogP contribution is -2.66. The summed E-state index contributed by atoms with van der Waals surface area (Å²) in [6, 6.07) is 0. The van der Waals surface area contributed by atoms with Crippen LogP contribution in [0.5, 0.6) is 0 Å². The van der Waals surface area contributed by atoms with Crippen molar-refractivity contribution in [1.82, 2.24) is 0 Å². The van der Waals surface area contributed by atoms with E-state index in [-0.39, 0.29) is 31.8 Å². The molecule has 2 fully saturated rings. The fourth-order valence-corrected chi connectivity index (χ4v) is 8.30. The van der Waals surface area contributed by atoms with E-state index in [1.165, 1.54) is 0 Å². The van der Waals surface area contributed by atoms with Gasteiger partial charge in [-0.25, -0.2) is 0 Å². The first-order valence-electron chi connectivity index (χ1n) is 15.2. The summed E-state index contributed by atoms with van der Waals surface area (Å²) < 4.78 is 12.5. The summed E-state index contributed by atoms with van der Waals surface area (Å²) in [5.41, 5.74) is -4.70. The summed E-state index contributed by atoms with van der Waals surface area (Å²) >= 11 is 0. The Hall–Kier alpha value is -2.03. The van der Waals surface area contributed by atoms with Crippen LogP contribution in [-0.2, 0) is 23.9 Å². The van der Waals surface area contributed by atoms with Crippen LogP contribution in [0.25, 0.3) is 0 Å². The van der Waals surface area contributed by atoms with Gasteiger partial charge in [-0.05, 0) is 30.9 Å². The predicted molar refractivity (Wildman–Crippen MR) is 149 cm³/mol. The number of hydrogen-bond acceptors (Lipinski definition) is 8. The largest absolute Gasteiger partial charge is 0.458 e. The van der Waals surface area contributed by atoms with Gasteiger partial charge in [0.1, 0.15) is 11.7 Å². The van der Waals surface area contributed by atoms with Gasteiger partial charge in [-0.2, -0.15) is 0 Å². The zero-order valence-electron chi connectivity index (χ0n) is 25.0. The van der Waals surface area contributed by atoms with Crippen molar-refractivity contribution in [2.24, 2.45) is 29.1 Å². The number of carbonyl (C=O) groups is 3. The lowest BCUT2D eigenvalue weighted by molar-refractivity contribution is -0.229. The molecule has 40 heavy (non-hydrogen) atoms. The monoisotopic (exact) mass is 560 g/mol. The standard InChI is InChI=1S/C32H48O8/c1-7-9-11-13-24(34)39-28-20(4)31(38)22(16-21(18-33)17-30(37)23(31)15-19(3)27(30)36)26-29(5,6)32(26,28)40-25(35)14-12-10-8-2/h15-16,20,22-23,26,28,33,37-38H,7-14,17-18H2,1-6H3/t20-,22+,23-,26-,28-,30+,31-,32-/m1/s1. The van der Waals surface area contributed by atoms with Crippen molar-refractivity contribution < 1.29 is 39.2 Å². The van der Waals surface area contributed by atoms with Crippen LogP contribution in [0.15, 0.2) is 23.3 Å². The predicted octanol–water partition coefficient (Wildman–Crippen LogP) is 4.19. The Morgan fingerprint density at radius 3 is 2.17 bits per heavy atom. The molecule has 0 aromatic carbocycles. The number of Topliss-reactive ketones (excluding diaryl/α,β-unsaturated/α-hetero) is 1. The van der Waals surface area contributed by atoms with Gasteiger partial charge in [0, 0.05) is 48.3 Å². The van der Waals surface area contributed by atoms with Gasteiger partial charge >= 0.3 is 11.9 Å². The molecule has 8 heteroatoms. The second-order valence-corrected chi connectivity index (χ2v) is 13.2. The Morgan fingerprint density at radius 2 is 1.60 bits per heavy atom. The van der Waals surface area contributed by atoms with Crippen LogP contribution >= 0.6 is 0 Å². The van der Waals surface area contributed by atoms with Crippen molar-refractivity contribution in [1.29, 1.82) is 0 Å². The Labute approximate surface area is 238 Å². The van der Waals surface area contributed by atoms with E-state index in [1.54, 1.807) is 26.0 Å². The first-order valence-corrected chi connectivity index (χ1v) is 15.2. The number of fused-ring (bicyclic) bond motifs is 5. The van der Waals surface area contributed by atoms with E-state index in [9.17, 15) is 29.7 Å². The van der Waals surface area contributed by atoms with Crippen molar-refractivity contribution >= 4 is 17.7 Å². The molecule has 8 nitrogen and oxygen atoms in total. The molecule has 0 heterocycles. The highest BCUT2D eigenvalue weighted by Crippen LogP contribution is 2.77. The minimum absolute atomic E-state index is 0.106. The Kier molecular flexibility index (Phi) is 8.50. The van der Waals surface area contributed by atoms with Crippen LogP contribution in [0.3, 0.4) is 0 Å². The maximum absolute atomic E-state index is 13.3. The molecule has 0 amide bonds. The third kappa shape index (κ3) is 4.49. The third-order valence-corrected chi connectivity index (χ3v) is 10.5. The van der Waals surface area contributed by atoms with E-state index < -0.39 is 63.7 Å². The molecule has 4 rings (SSSR count). The van der Waals surface area contributed by atoms with Gasteiger partial charge in [0.15, 0.2) is 11.4 Å². The van der Waals surface area contributed by atoms with Gasteiger partial charge in [0.25, 0.3) is 0 Å². The summed E-state index contributed by atoms with van der Waals surface area (Å²) in [4.78, 5) is 39.7. The highest BCUT2D eigenvalue weighted by atomic mass is 16.6. The minimum Gasteiger partial charge on any atom is -0.458 e. The number of rotatable bonds is 11. The van der Waals surface area contributed by atoms with E-state index in [0.717, 1.165) is 25.7 Å². The van der Waals surface area contributed by atoms with Gasteiger partial charge in [0.05, 0.1) is 12.2 Å². The second-order valence-electron chi connectivity index (χ2n) is 13.2. The molecular weight excluding hydrogens is 512 g/mol. The lowest BCUT2D eigenvalue weighted by Gasteiger charge is -2.53. The summed E-state index contributed by atoms with van der Waals surface area (Å²) in [6.45, 7) is 11.0. The molecule has 0 aliphatic heterocycles. The van der Waals surface area contributed by atoms with Crippen LogP contribution in [-0.4, -0.2) is 62.6 Å². The molecule has 0 aromatic heterocycles. The number of ether oxygens (including phenoxy) is 2. The third-order valence-electron chi connectivity index (χ3n) is 10.5. The quantitative estimate of drug-likeness (QED) is 0.195. The maximum Gasteiger partial charge on any atom is 0.306 e. The molecule has 3 N–H and O–H groups in total. The smallest absolute Gasteiger partial charge is 0.306 e. The van der Waals surface area contributed by atoms with E-state index in [2.05, 4.69) is 6.92 Å². The van der Waals surface area contributed by atoms with E-state index in [4.69, 9.17) is 9.47 Å². The average molecular weight is 561 g/mol. The molecule has 0 spiro atoms. The van der Waals surface area contributed by atoms with Crippen LogP contribution in [0.1, 0.15) is 99.3 Å². The normalized spacial score (nSPS) is 39.2. The van der Waals surface area contributed by atoms with E-state index >= 15 is 0 Å².